The highest BCUT2D eigenvalue weighted by Crippen LogP contribution is 2.36. The van der Waals surface area contributed by atoms with E-state index in [0.717, 1.165) is 23.3 Å². The van der Waals surface area contributed by atoms with E-state index in [1.165, 1.54) is 13.0 Å². The van der Waals surface area contributed by atoms with Crippen molar-refractivity contribution in [3.8, 4) is 11.5 Å². The number of aromatic nitrogens is 2. The number of carbonyl (C=O) groups excluding carboxylic acids is 2. The zero-order chi connectivity index (χ0) is 22.6. The molecule has 31 heavy (non-hydrogen) atoms. The van der Waals surface area contributed by atoms with Crippen molar-refractivity contribution in [1.29, 1.82) is 0 Å². The Morgan fingerprint density at radius 3 is 2.39 bits per heavy atom. The lowest BCUT2D eigenvalue weighted by Crippen LogP contribution is -2.17. The number of hydrogen-bond donors (Lipinski definition) is 2. The van der Waals surface area contributed by atoms with E-state index >= 15 is 0 Å². The molecule has 2 aromatic carbocycles. The summed E-state index contributed by atoms with van der Waals surface area (Å²) >= 11 is 0. The van der Waals surface area contributed by atoms with Crippen LogP contribution in [0, 0.1) is 6.92 Å². The molecule has 162 valence electrons. The summed E-state index contributed by atoms with van der Waals surface area (Å²) < 4.78 is 45.6. The van der Waals surface area contributed by atoms with Crippen LogP contribution in [0.25, 0.3) is 11.5 Å². The molecule has 10 heteroatoms. The fourth-order valence-corrected chi connectivity index (χ4v) is 2.77. The van der Waals surface area contributed by atoms with Crippen LogP contribution in [0.3, 0.4) is 0 Å². The van der Waals surface area contributed by atoms with E-state index in [0.29, 0.717) is 5.89 Å². The molecule has 2 N–H and O–H groups in total. The van der Waals surface area contributed by atoms with Gasteiger partial charge in [0.05, 0.1) is 11.3 Å². The van der Waals surface area contributed by atoms with Gasteiger partial charge in [0.1, 0.15) is 0 Å². The number of alkyl halides is 3. The van der Waals surface area contributed by atoms with Crippen LogP contribution in [0.4, 0.5) is 24.5 Å². The standard InChI is InChI=1S/C21H19F3N4O3/c1-12-3-5-14(6-4-12)20-28-27-19(31-20)10-9-18(30)26-17-8-7-15(25-13(2)29)11-16(17)21(22,23)24/h3-8,11H,9-10H2,1-2H3,(H,25,29)(H,26,30). The third-order valence-corrected chi connectivity index (χ3v) is 4.25. The minimum atomic E-state index is -4.72. The van der Waals surface area contributed by atoms with Crippen LogP contribution in [0.1, 0.15) is 30.4 Å². The maximum Gasteiger partial charge on any atom is 0.418 e. The Balaban J connectivity index is 1.66. The Kier molecular flexibility index (Phi) is 6.38. The van der Waals surface area contributed by atoms with Crippen molar-refractivity contribution in [3.63, 3.8) is 0 Å². The molecule has 0 atom stereocenters. The minimum absolute atomic E-state index is 0.0210. The molecule has 0 saturated carbocycles. The molecule has 0 spiro atoms. The van der Waals surface area contributed by atoms with Gasteiger partial charge in [-0.15, -0.1) is 10.2 Å². The monoisotopic (exact) mass is 432 g/mol. The van der Waals surface area contributed by atoms with Crippen molar-refractivity contribution in [2.24, 2.45) is 0 Å². The number of amides is 2. The molecule has 7 nitrogen and oxygen atoms in total. The molecule has 0 aliphatic heterocycles. The number of carbonyl (C=O) groups is 2. The molecule has 3 rings (SSSR count). The van der Waals surface area contributed by atoms with Gasteiger partial charge in [-0.1, -0.05) is 17.7 Å². The molecule has 1 aromatic heterocycles. The van der Waals surface area contributed by atoms with Crippen LogP contribution in [0.2, 0.25) is 0 Å². The zero-order valence-corrected chi connectivity index (χ0v) is 16.7. The molecule has 0 aliphatic carbocycles. The highest BCUT2D eigenvalue weighted by molar-refractivity contribution is 5.93. The van der Waals surface area contributed by atoms with Crippen LogP contribution >= 0.6 is 0 Å². The number of halogens is 3. The first-order valence-electron chi connectivity index (χ1n) is 9.30. The zero-order valence-electron chi connectivity index (χ0n) is 16.7. The third kappa shape index (κ3) is 5.91. The van der Waals surface area contributed by atoms with E-state index in [1.807, 2.05) is 31.2 Å². The Bertz CT molecular complexity index is 1090. The van der Waals surface area contributed by atoms with Crippen molar-refractivity contribution < 1.29 is 27.2 Å². The van der Waals surface area contributed by atoms with Crippen molar-refractivity contribution >= 4 is 23.2 Å². The smallest absolute Gasteiger partial charge is 0.418 e. The number of nitrogens with one attached hydrogen (secondary N) is 2. The first-order valence-corrected chi connectivity index (χ1v) is 9.30. The Labute approximate surface area is 175 Å². The van der Waals surface area contributed by atoms with E-state index < -0.39 is 29.2 Å². The van der Waals surface area contributed by atoms with Crippen LogP contribution in [0.15, 0.2) is 46.9 Å². The van der Waals surface area contributed by atoms with Gasteiger partial charge in [0.25, 0.3) is 0 Å². The second-order valence-electron chi connectivity index (χ2n) is 6.85. The number of nitrogens with zero attached hydrogens (tertiary/aromatic N) is 2. The van der Waals surface area contributed by atoms with Gasteiger partial charge in [-0.3, -0.25) is 9.59 Å². The fourth-order valence-electron chi connectivity index (χ4n) is 2.77. The normalized spacial score (nSPS) is 11.3. The maximum absolute atomic E-state index is 13.4. The fraction of sp³-hybridized carbons (Fsp3) is 0.238. The molecule has 0 aliphatic rings. The Morgan fingerprint density at radius 1 is 1.03 bits per heavy atom. The lowest BCUT2D eigenvalue weighted by molar-refractivity contribution is -0.137. The van der Waals surface area contributed by atoms with Gasteiger partial charge in [0.2, 0.25) is 23.6 Å². The highest BCUT2D eigenvalue weighted by atomic mass is 19.4. The molecule has 3 aromatic rings. The number of benzene rings is 2. The minimum Gasteiger partial charge on any atom is -0.421 e. The summed E-state index contributed by atoms with van der Waals surface area (Å²) in [5.41, 5.74) is 0.308. The number of anilines is 2. The average molecular weight is 432 g/mol. The van der Waals surface area contributed by atoms with E-state index in [1.54, 1.807) is 0 Å². The molecule has 0 fully saturated rings. The summed E-state index contributed by atoms with van der Waals surface area (Å²) in [5, 5.41) is 12.3. The number of aryl methyl sites for hydroxylation is 2. The SMILES string of the molecule is CC(=O)Nc1ccc(NC(=O)CCc2nnc(-c3ccc(C)cc3)o2)c(C(F)(F)F)c1. The van der Waals surface area contributed by atoms with Gasteiger partial charge in [-0.25, -0.2) is 0 Å². The summed E-state index contributed by atoms with van der Waals surface area (Å²) in [6.07, 6.45) is -4.80. The van der Waals surface area contributed by atoms with Crippen molar-refractivity contribution in [3.05, 3.63) is 59.5 Å². The van der Waals surface area contributed by atoms with Crippen LogP contribution in [0.5, 0.6) is 0 Å². The topological polar surface area (TPSA) is 97.1 Å². The second-order valence-corrected chi connectivity index (χ2v) is 6.85. The van der Waals surface area contributed by atoms with Gasteiger partial charge >= 0.3 is 6.18 Å². The van der Waals surface area contributed by atoms with Crippen molar-refractivity contribution in [1.82, 2.24) is 10.2 Å². The molecule has 1 heterocycles. The van der Waals surface area contributed by atoms with Gasteiger partial charge in [-0.2, -0.15) is 13.2 Å². The molecular weight excluding hydrogens is 413 g/mol. The van der Waals surface area contributed by atoms with Crippen molar-refractivity contribution in [2.75, 3.05) is 10.6 Å². The molecule has 2 amide bonds. The first-order chi connectivity index (χ1) is 14.6. The van der Waals surface area contributed by atoms with E-state index in [2.05, 4.69) is 20.8 Å². The van der Waals surface area contributed by atoms with Crippen LogP contribution in [-0.2, 0) is 22.2 Å². The van der Waals surface area contributed by atoms with Gasteiger partial charge in [-0.05, 0) is 37.3 Å². The van der Waals surface area contributed by atoms with E-state index in [4.69, 9.17) is 4.42 Å². The van der Waals surface area contributed by atoms with Gasteiger partial charge < -0.3 is 15.1 Å². The lowest BCUT2D eigenvalue weighted by atomic mass is 10.1. The number of hydrogen-bond acceptors (Lipinski definition) is 5. The predicted octanol–water partition coefficient (Wildman–Crippen LogP) is 4.59. The molecule has 0 bridgehead atoms. The number of rotatable bonds is 6. The van der Waals surface area contributed by atoms with Crippen LogP contribution < -0.4 is 10.6 Å². The summed E-state index contributed by atoms with van der Waals surface area (Å²) in [4.78, 5) is 23.3. The maximum atomic E-state index is 13.4. The second kappa shape index (κ2) is 8.99. The lowest BCUT2D eigenvalue weighted by Gasteiger charge is -2.15. The Morgan fingerprint density at radius 2 is 1.74 bits per heavy atom. The first kappa shape index (κ1) is 22.0. The summed E-state index contributed by atoms with van der Waals surface area (Å²) in [7, 11) is 0. The van der Waals surface area contributed by atoms with Gasteiger partial charge in [0.15, 0.2) is 0 Å². The van der Waals surface area contributed by atoms with Gasteiger partial charge in [0, 0.05) is 31.0 Å². The largest absolute Gasteiger partial charge is 0.421 e. The molecule has 0 radical (unpaired) electrons. The quantitative estimate of drug-likeness (QED) is 0.594. The van der Waals surface area contributed by atoms with E-state index in [9.17, 15) is 22.8 Å². The summed E-state index contributed by atoms with van der Waals surface area (Å²) in [6.45, 7) is 3.13. The Hall–Kier alpha value is -3.69. The van der Waals surface area contributed by atoms with Crippen molar-refractivity contribution in [2.45, 2.75) is 32.9 Å². The molecule has 0 saturated heterocycles. The summed E-state index contributed by atoms with van der Waals surface area (Å²) in [5.74, 6) is -0.659. The predicted molar refractivity (Wildman–Crippen MR) is 107 cm³/mol. The van der Waals surface area contributed by atoms with Crippen LogP contribution in [-0.4, -0.2) is 22.0 Å². The third-order valence-electron chi connectivity index (χ3n) is 4.25. The highest BCUT2D eigenvalue weighted by Gasteiger charge is 2.34. The average Bonchev–Trinajstić information content (AvgIpc) is 3.16. The summed E-state index contributed by atoms with van der Waals surface area (Å²) in [6, 6.07) is 10.6. The molecular formula is C21H19F3N4O3. The molecule has 0 unspecified atom stereocenters. The van der Waals surface area contributed by atoms with E-state index in [-0.39, 0.29) is 24.4 Å².